The number of rotatable bonds is 8. The van der Waals surface area contributed by atoms with Crippen molar-refractivity contribution in [1.29, 1.82) is 0 Å². The predicted octanol–water partition coefficient (Wildman–Crippen LogP) is 0.584. The molecule has 0 saturated carbocycles. The van der Waals surface area contributed by atoms with Gasteiger partial charge in [-0.2, -0.15) is 0 Å². The molecule has 2 atom stereocenters. The molecule has 1 rings (SSSR count). The molecule has 1 aromatic carbocycles. The van der Waals surface area contributed by atoms with E-state index in [0.29, 0.717) is 5.69 Å². The van der Waals surface area contributed by atoms with Crippen molar-refractivity contribution in [2.45, 2.75) is 32.7 Å². The van der Waals surface area contributed by atoms with Gasteiger partial charge in [-0.1, -0.05) is 19.4 Å². The molecule has 0 aliphatic rings. The quantitative estimate of drug-likeness (QED) is 0.658. The van der Waals surface area contributed by atoms with E-state index >= 15 is 0 Å². The summed E-state index contributed by atoms with van der Waals surface area (Å²) in [6.07, 6.45) is 1.95. The second-order valence-corrected chi connectivity index (χ2v) is 5.63. The minimum Gasteiger partial charge on any atom is -0.349 e. The maximum Gasteiger partial charge on any atom is 0.279 e. The van der Waals surface area contributed by atoms with Gasteiger partial charge in [-0.3, -0.25) is 9.59 Å². The van der Waals surface area contributed by atoms with E-state index in [9.17, 15) is 14.0 Å². The van der Waals surface area contributed by atoms with Crippen LogP contribution in [0.3, 0.4) is 0 Å². The molecule has 122 valence electrons. The fourth-order valence-corrected chi connectivity index (χ4v) is 2.21. The molecule has 6 heteroatoms. The van der Waals surface area contributed by atoms with E-state index in [2.05, 4.69) is 17.6 Å². The van der Waals surface area contributed by atoms with Crippen LogP contribution in [-0.4, -0.2) is 38.0 Å². The summed E-state index contributed by atoms with van der Waals surface area (Å²) in [6, 6.07) is 5.87. The number of amides is 2. The summed E-state index contributed by atoms with van der Waals surface area (Å²) in [5.74, 6) is -0.725. The Hall–Kier alpha value is -1.95. The third kappa shape index (κ3) is 7.17. The molecule has 0 aliphatic carbocycles. The Labute approximate surface area is 130 Å². The minimum atomic E-state index is -0.400. The highest BCUT2D eigenvalue weighted by Gasteiger charge is 2.15. The molecule has 0 spiro atoms. The van der Waals surface area contributed by atoms with Gasteiger partial charge in [0.1, 0.15) is 5.82 Å². The maximum atomic E-state index is 13.0. The topological polar surface area (TPSA) is 62.6 Å². The fourth-order valence-electron chi connectivity index (χ4n) is 2.21. The van der Waals surface area contributed by atoms with E-state index < -0.39 is 5.82 Å². The van der Waals surface area contributed by atoms with Crippen LogP contribution >= 0.6 is 0 Å². The Bertz CT molecular complexity index is 508. The molecule has 0 saturated heterocycles. The van der Waals surface area contributed by atoms with Crippen LogP contribution in [0, 0.1) is 5.82 Å². The van der Waals surface area contributed by atoms with Gasteiger partial charge in [0.15, 0.2) is 13.1 Å². The summed E-state index contributed by atoms with van der Waals surface area (Å²) < 4.78 is 13.0. The third-order valence-corrected chi connectivity index (χ3v) is 3.16. The lowest BCUT2D eigenvalue weighted by atomic mass is 10.2. The second kappa shape index (κ2) is 9.15. The number of benzene rings is 1. The molecule has 0 radical (unpaired) electrons. The van der Waals surface area contributed by atoms with Gasteiger partial charge < -0.3 is 15.5 Å². The molecule has 1 unspecified atom stereocenters. The number of hydrogen-bond acceptors (Lipinski definition) is 2. The summed E-state index contributed by atoms with van der Waals surface area (Å²) in [6.45, 7) is 4.40. The first-order valence-electron chi connectivity index (χ1n) is 7.56. The molecule has 2 amide bonds. The molecule has 0 aromatic heterocycles. The molecule has 3 N–H and O–H groups in total. The Balaban J connectivity index is 2.36. The SMILES string of the molecule is CCC[C@H](C)NC(=O)C[NH+](C)CC(=O)Nc1cccc(F)c1. The lowest BCUT2D eigenvalue weighted by Gasteiger charge is -2.16. The smallest absolute Gasteiger partial charge is 0.279 e. The molecule has 0 aliphatic heterocycles. The van der Waals surface area contributed by atoms with Crippen LogP contribution in [0.1, 0.15) is 26.7 Å². The van der Waals surface area contributed by atoms with E-state index in [1.807, 2.05) is 6.92 Å². The van der Waals surface area contributed by atoms with E-state index in [0.717, 1.165) is 17.7 Å². The van der Waals surface area contributed by atoms with Crippen molar-refractivity contribution in [2.75, 3.05) is 25.5 Å². The third-order valence-electron chi connectivity index (χ3n) is 3.16. The van der Waals surface area contributed by atoms with E-state index in [1.54, 1.807) is 13.1 Å². The Kier molecular flexibility index (Phi) is 7.52. The van der Waals surface area contributed by atoms with Crippen LogP contribution in [0.5, 0.6) is 0 Å². The summed E-state index contributed by atoms with van der Waals surface area (Å²) >= 11 is 0. The van der Waals surface area contributed by atoms with Gasteiger partial charge in [-0.25, -0.2) is 4.39 Å². The molecule has 22 heavy (non-hydrogen) atoms. The van der Waals surface area contributed by atoms with Crippen LogP contribution in [0.2, 0.25) is 0 Å². The number of carbonyl (C=O) groups excluding carboxylic acids is 2. The first-order chi connectivity index (χ1) is 10.4. The van der Waals surface area contributed by atoms with Gasteiger partial charge in [0.25, 0.3) is 11.8 Å². The zero-order valence-electron chi connectivity index (χ0n) is 13.4. The Morgan fingerprint density at radius 1 is 1.27 bits per heavy atom. The standard InChI is InChI=1S/C16H24FN3O2/c1-4-6-12(2)18-15(21)10-20(3)11-16(22)19-14-8-5-7-13(17)9-14/h5,7-9,12H,4,6,10-11H2,1-3H3,(H,18,21)(H,19,22)/p+1/t12-/m0/s1. The largest absolute Gasteiger partial charge is 0.349 e. The Morgan fingerprint density at radius 2 is 1.95 bits per heavy atom. The first-order valence-corrected chi connectivity index (χ1v) is 7.56. The highest BCUT2D eigenvalue weighted by atomic mass is 19.1. The van der Waals surface area contributed by atoms with Gasteiger partial charge in [0.05, 0.1) is 7.05 Å². The van der Waals surface area contributed by atoms with E-state index in [4.69, 9.17) is 0 Å². The Morgan fingerprint density at radius 3 is 2.59 bits per heavy atom. The molecule has 0 bridgehead atoms. The predicted molar refractivity (Wildman–Crippen MR) is 84.2 cm³/mol. The zero-order valence-corrected chi connectivity index (χ0v) is 13.4. The summed E-state index contributed by atoms with van der Waals surface area (Å²) in [5, 5.41) is 5.52. The highest BCUT2D eigenvalue weighted by Crippen LogP contribution is 2.08. The van der Waals surface area contributed by atoms with Crippen LogP contribution in [0.4, 0.5) is 10.1 Å². The monoisotopic (exact) mass is 310 g/mol. The van der Waals surface area contributed by atoms with Crippen molar-refractivity contribution >= 4 is 17.5 Å². The number of halogens is 1. The van der Waals surface area contributed by atoms with Crippen molar-refractivity contribution in [3.05, 3.63) is 30.1 Å². The molecule has 1 aromatic rings. The lowest BCUT2D eigenvalue weighted by Crippen LogP contribution is -3.11. The van der Waals surface area contributed by atoms with Gasteiger partial charge in [0.2, 0.25) is 0 Å². The molecule has 0 heterocycles. The van der Waals surface area contributed by atoms with Crippen LogP contribution in [0.15, 0.2) is 24.3 Å². The van der Waals surface area contributed by atoms with Crippen molar-refractivity contribution in [3.8, 4) is 0 Å². The van der Waals surface area contributed by atoms with Gasteiger partial charge in [-0.15, -0.1) is 0 Å². The molecular weight excluding hydrogens is 285 g/mol. The average molecular weight is 310 g/mol. The van der Waals surface area contributed by atoms with Crippen molar-refractivity contribution in [2.24, 2.45) is 0 Å². The zero-order chi connectivity index (χ0) is 16.5. The first kappa shape index (κ1) is 18.1. The summed E-state index contributed by atoms with van der Waals surface area (Å²) in [4.78, 5) is 24.4. The van der Waals surface area contributed by atoms with Crippen molar-refractivity contribution < 1.29 is 18.9 Å². The summed E-state index contributed by atoms with van der Waals surface area (Å²) in [7, 11) is 1.77. The van der Waals surface area contributed by atoms with Crippen LogP contribution < -0.4 is 15.5 Å². The fraction of sp³-hybridized carbons (Fsp3) is 0.500. The van der Waals surface area contributed by atoms with Crippen molar-refractivity contribution in [3.63, 3.8) is 0 Å². The van der Waals surface area contributed by atoms with Gasteiger partial charge in [0, 0.05) is 11.7 Å². The number of nitrogens with one attached hydrogen (secondary N) is 3. The number of hydrogen-bond donors (Lipinski definition) is 3. The van der Waals surface area contributed by atoms with Gasteiger partial charge in [-0.05, 0) is 31.5 Å². The normalized spacial score (nSPS) is 13.3. The minimum absolute atomic E-state index is 0.0722. The molecule has 5 nitrogen and oxygen atoms in total. The number of carbonyl (C=O) groups is 2. The van der Waals surface area contributed by atoms with Gasteiger partial charge >= 0.3 is 0 Å². The van der Waals surface area contributed by atoms with Crippen LogP contribution in [-0.2, 0) is 9.59 Å². The second-order valence-electron chi connectivity index (χ2n) is 5.63. The van der Waals surface area contributed by atoms with E-state index in [1.165, 1.54) is 18.2 Å². The van der Waals surface area contributed by atoms with E-state index in [-0.39, 0.29) is 30.9 Å². The lowest BCUT2D eigenvalue weighted by molar-refractivity contribution is -0.862. The maximum absolute atomic E-state index is 13.0. The van der Waals surface area contributed by atoms with Crippen LogP contribution in [0.25, 0.3) is 0 Å². The number of likely N-dealkylation sites (N-methyl/N-ethyl adjacent to an activating group) is 1. The molecular formula is C16H25FN3O2+. The summed E-state index contributed by atoms with van der Waals surface area (Å²) in [5.41, 5.74) is 0.416. The molecule has 0 fully saturated rings. The number of anilines is 1. The van der Waals surface area contributed by atoms with Crippen molar-refractivity contribution in [1.82, 2.24) is 5.32 Å². The highest BCUT2D eigenvalue weighted by molar-refractivity contribution is 5.91. The average Bonchev–Trinajstić information content (AvgIpc) is 2.37. The number of quaternary nitrogens is 1.